The number of methoxy groups -OCH3 is 1. The second kappa shape index (κ2) is 6.26. The first-order valence-electron chi connectivity index (χ1n) is 6.03. The minimum Gasteiger partial charge on any atom is -0.494 e. The zero-order valence-corrected chi connectivity index (χ0v) is 11.1. The molecule has 2 rings (SSSR count). The molecule has 0 bridgehead atoms. The van der Waals surface area contributed by atoms with Crippen LogP contribution >= 0.6 is 0 Å². The lowest BCUT2D eigenvalue weighted by atomic mass is 10.1. The summed E-state index contributed by atoms with van der Waals surface area (Å²) in [6, 6.07) is 7.36. The molecule has 2 aromatic rings. The molecular weight excluding hydrogens is 281 g/mol. The predicted molar refractivity (Wildman–Crippen MR) is 72.7 cm³/mol. The number of carbonyl (C=O) groups excluding carboxylic acids is 1. The Hall–Kier alpha value is -2.56. The maximum Gasteiger partial charge on any atom is 0.185 e. The summed E-state index contributed by atoms with van der Waals surface area (Å²) in [7, 11) is 1.31. The molecule has 0 fully saturated rings. The van der Waals surface area contributed by atoms with Crippen molar-refractivity contribution in [3.8, 4) is 5.75 Å². The van der Waals surface area contributed by atoms with Crippen LogP contribution in [0.3, 0.4) is 0 Å². The number of hydrogen-bond donors (Lipinski definition) is 0. The molecule has 0 saturated carbocycles. The molecule has 5 heteroatoms. The van der Waals surface area contributed by atoms with Gasteiger partial charge in [0.1, 0.15) is 0 Å². The molecule has 0 aromatic heterocycles. The molecule has 0 spiro atoms. The van der Waals surface area contributed by atoms with E-state index < -0.39 is 23.2 Å². The quantitative estimate of drug-likeness (QED) is 0.628. The van der Waals surface area contributed by atoms with Crippen LogP contribution in [0, 0.1) is 17.5 Å². The van der Waals surface area contributed by atoms with Crippen molar-refractivity contribution in [3.05, 3.63) is 71.1 Å². The number of halogens is 3. The average Bonchev–Trinajstić information content (AvgIpc) is 2.48. The van der Waals surface area contributed by atoms with Crippen LogP contribution in [0.25, 0.3) is 6.08 Å². The SMILES string of the molecule is COc1ccc(C(=O)C=Cc2cccc(F)c2F)cc1F. The molecule has 0 radical (unpaired) electrons. The number of hydrogen-bond acceptors (Lipinski definition) is 2. The highest BCUT2D eigenvalue weighted by Gasteiger charge is 2.09. The molecule has 0 N–H and O–H groups in total. The molecule has 0 aliphatic heterocycles. The van der Waals surface area contributed by atoms with Gasteiger partial charge in [0.25, 0.3) is 0 Å². The van der Waals surface area contributed by atoms with E-state index in [1.54, 1.807) is 0 Å². The van der Waals surface area contributed by atoms with Crippen molar-refractivity contribution in [2.75, 3.05) is 7.11 Å². The fourth-order valence-corrected chi connectivity index (χ4v) is 1.73. The first-order chi connectivity index (χ1) is 10.0. The Bertz CT molecular complexity index is 709. The first-order valence-corrected chi connectivity index (χ1v) is 6.03. The third-order valence-electron chi connectivity index (χ3n) is 2.83. The summed E-state index contributed by atoms with van der Waals surface area (Å²) in [6.45, 7) is 0. The first kappa shape index (κ1) is 14.8. The highest BCUT2D eigenvalue weighted by molar-refractivity contribution is 6.06. The van der Waals surface area contributed by atoms with Crippen LogP contribution < -0.4 is 4.74 Å². The van der Waals surface area contributed by atoms with Crippen molar-refractivity contribution in [1.29, 1.82) is 0 Å². The Kier molecular flexibility index (Phi) is 4.42. The molecule has 108 valence electrons. The van der Waals surface area contributed by atoms with Gasteiger partial charge >= 0.3 is 0 Å². The number of ether oxygens (including phenoxy) is 1. The number of allylic oxidation sites excluding steroid dienone is 1. The maximum absolute atomic E-state index is 13.5. The van der Waals surface area contributed by atoms with Gasteiger partial charge in [-0.1, -0.05) is 12.1 Å². The Labute approximate surface area is 119 Å². The fourth-order valence-electron chi connectivity index (χ4n) is 1.73. The average molecular weight is 292 g/mol. The molecule has 0 heterocycles. The summed E-state index contributed by atoms with van der Waals surface area (Å²) < 4.78 is 44.6. The van der Waals surface area contributed by atoms with E-state index in [0.29, 0.717) is 0 Å². The third kappa shape index (κ3) is 3.31. The standard InChI is InChI=1S/C16H11F3O2/c1-21-15-8-6-11(9-13(15)18)14(20)7-5-10-3-2-4-12(17)16(10)19/h2-9H,1H3. The second-order valence-corrected chi connectivity index (χ2v) is 4.19. The summed E-state index contributed by atoms with van der Waals surface area (Å²) in [6.07, 6.45) is 2.20. The lowest BCUT2D eigenvalue weighted by molar-refractivity contribution is 0.104. The van der Waals surface area contributed by atoms with E-state index >= 15 is 0 Å². The summed E-state index contributed by atoms with van der Waals surface area (Å²) in [5, 5.41) is 0. The van der Waals surface area contributed by atoms with E-state index in [9.17, 15) is 18.0 Å². The van der Waals surface area contributed by atoms with Crippen molar-refractivity contribution < 1.29 is 22.7 Å². The number of ketones is 1. The van der Waals surface area contributed by atoms with Gasteiger partial charge in [0.05, 0.1) is 7.11 Å². The Balaban J connectivity index is 2.23. The van der Waals surface area contributed by atoms with E-state index in [2.05, 4.69) is 0 Å². The minimum absolute atomic E-state index is 0.0201. The van der Waals surface area contributed by atoms with E-state index in [0.717, 1.165) is 24.3 Å². The lowest BCUT2D eigenvalue weighted by Crippen LogP contribution is -1.97. The van der Waals surface area contributed by atoms with Gasteiger partial charge in [-0.05, 0) is 36.4 Å². The maximum atomic E-state index is 13.5. The van der Waals surface area contributed by atoms with Crippen LogP contribution in [-0.4, -0.2) is 12.9 Å². The van der Waals surface area contributed by atoms with Crippen molar-refractivity contribution in [2.24, 2.45) is 0 Å². The molecule has 0 aliphatic rings. The minimum atomic E-state index is -1.04. The van der Waals surface area contributed by atoms with E-state index in [1.807, 2.05) is 0 Å². The van der Waals surface area contributed by atoms with Crippen molar-refractivity contribution in [3.63, 3.8) is 0 Å². The van der Waals surface area contributed by atoms with Crippen molar-refractivity contribution in [2.45, 2.75) is 0 Å². The molecule has 0 saturated heterocycles. The molecule has 21 heavy (non-hydrogen) atoms. The molecule has 0 unspecified atom stereocenters. The summed E-state index contributed by atoms with van der Waals surface area (Å²) in [5.41, 5.74) is 0.0266. The van der Waals surface area contributed by atoms with Crippen LogP contribution in [0.2, 0.25) is 0 Å². The van der Waals surface area contributed by atoms with Crippen molar-refractivity contribution >= 4 is 11.9 Å². The van der Waals surface area contributed by atoms with Gasteiger partial charge in [0, 0.05) is 11.1 Å². The van der Waals surface area contributed by atoms with Gasteiger partial charge < -0.3 is 4.74 Å². The third-order valence-corrected chi connectivity index (χ3v) is 2.83. The molecular formula is C16H11F3O2. The molecule has 0 amide bonds. The van der Waals surface area contributed by atoms with Crippen LogP contribution in [-0.2, 0) is 0 Å². The smallest absolute Gasteiger partial charge is 0.185 e. The van der Waals surface area contributed by atoms with Gasteiger partial charge in [-0.25, -0.2) is 13.2 Å². The van der Waals surface area contributed by atoms with Crippen LogP contribution in [0.1, 0.15) is 15.9 Å². The highest BCUT2D eigenvalue weighted by Crippen LogP contribution is 2.19. The Morgan fingerprint density at radius 3 is 2.52 bits per heavy atom. The fraction of sp³-hybridized carbons (Fsp3) is 0.0625. The van der Waals surface area contributed by atoms with Crippen LogP contribution in [0.4, 0.5) is 13.2 Å². The predicted octanol–water partition coefficient (Wildman–Crippen LogP) is 4.01. The zero-order valence-electron chi connectivity index (χ0n) is 11.1. The zero-order chi connectivity index (χ0) is 15.4. The highest BCUT2D eigenvalue weighted by atomic mass is 19.2. The van der Waals surface area contributed by atoms with Gasteiger partial charge in [-0.15, -0.1) is 0 Å². The number of benzene rings is 2. The van der Waals surface area contributed by atoms with E-state index in [1.165, 1.54) is 31.4 Å². The number of carbonyl (C=O) groups is 1. The molecule has 0 aliphatic carbocycles. The number of rotatable bonds is 4. The molecule has 2 nitrogen and oxygen atoms in total. The van der Waals surface area contributed by atoms with Crippen LogP contribution in [0.15, 0.2) is 42.5 Å². The van der Waals surface area contributed by atoms with Gasteiger partial charge in [0.2, 0.25) is 0 Å². The van der Waals surface area contributed by atoms with E-state index in [-0.39, 0.29) is 16.9 Å². The second-order valence-electron chi connectivity index (χ2n) is 4.19. The van der Waals surface area contributed by atoms with Crippen LogP contribution in [0.5, 0.6) is 5.75 Å². The topological polar surface area (TPSA) is 26.3 Å². The summed E-state index contributed by atoms with van der Waals surface area (Å²) in [4.78, 5) is 11.9. The monoisotopic (exact) mass is 292 g/mol. The summed E-state index contributed by atoms with van der Waals surface area (Å²) >= 11 is 0. The Morgan fingerprint density at radius 2 is 1.86 bits per heavy atom. The van der Waals surface area contributed by atoms with Gasteiger partial charge in [0.15, 0.2) is 29.0 Å². The molecule has 0 atom stereocenters. The largest absolute Gasteiger partial charge is 0.494 e. The van der Waals surface area contributed by atoms with E-state index in [4.69, 9.17) is 4.74 Å². The van der Waals surface area contributed by atoms with Crippen molar-refractivity contribution in [1.82, 2.24) is 0 Å². The van der Waals surface area contributed by atoms with Gasteiger partial charge in [-0.3, -0.25) is 4.79 Å². The Morgan fingerprint density at radius 1 is 1.10 bits per heavy atom. The normalized spacial score (nSPS) is 10.9. The molecule has 2 aromatic carbocycles. The lowest BCUT2D eigenvalue weighted by Gasteiger charge is -2.02. The van der Waals surface area contributed by atoms with Gasteiger partial charge in [-0.2, -0.15) is 0 Å². The summed E-state index contributed by atoms with van der Waals surface area (Å²) in [5.74, 6) is -3.22.